The van der Waals surface area contributed by atoms with E-state index < -0.39 is 12.1 Å². The van der Waals surface area contributed by atoms with Gasteiger partial charge >= 0.3 is 12.1 Å². The summed E-state index contributed by atoms with van der Waals surface area (Å²) in [7, 11) is 0. The molecule has 0 bridgehead atoms. The second kappa shape index (κ2) is 9.06. The molecule has 0 spiro atoms. The number of aliphatic carboxylic acids is 1. The standard InChI is InChI=1S/C17H17N5O2.C2HF3O2/c23-16(14-3-1-2-4-19-14)21-8-12-10-22(11-13(12)9-21)17(24)15-7-18-5-6-20-15;3-2(4,5)1(6)7/h1-7,12-13H,8-11H2;(H,6,7)/t12-,13+;. The van der Waals surface area contributed by atoms with Gasteiger partial charge in [0, 0.05) is 56.6 Å². The minimum absolute atomic E-state index is 0.0307. The number of nitrogens with zero attached hydrogens (tertiary/aromatic N) is 5. The van der Waals surface area contributed by atoms with Gasteiger partial charge in [-0.05, 0) is 12.1 Å². The number of hydrogen-bond acceptors (Lipinski definition) is 6. The second-order valence-corrected chi connectivity index (χ2v) is 7.05. The van der Waals surface area contributed by atoms with Gasteiger partial charge in [0.25, 0.3) is 11.8 Å². The summed E-state index contributed by atoms with van der Waals surface area (Å²) in [6.45, 7) is 2.66. The second-order valence-electron chi connectivity index (χ2n) is 7.05. The largest absolute Gasteiger partial charge is 0.490 e. The molecular formula is C19H18F3N5O4. The van der Waals surface area contributed by atoms with Crippen molar-refractivity contribution in [2.24, 2.45) is 11.8 Å². The number of carboxylic acid groups (broad SMARTS) is 1. The third-order valence-electron chi connectivity index (χ3n) is 4.97. The predicted octanol–water partition coefficient (Wildman–Crippen LogP) is 1.35. The lowest BCUT2D eigenvalue weighted by molar-refractivity contribution is -0.192. The molecule has 164 valence electrons. The molecule has 2 aliphatic heterocycles. The van der Waals surface area contributed by atoms with Crippen LogP contribution in [0.25, 0.3) is 0 Å². The molecule has 2 atom stereocenters. The van der Waals surface area contributed by atoms with Crippen LogP contribution in [-0.4, -0.2) is 80.0 Å². The molecule has 0 radical (unpaired) electrons. The highest BCUT2D eigenvalue weighted by Gasteiger charge is 2.43. The van der Waals surface area contributed by atoms with Gasteiger partial charge in [-0.3, -0.25) is 19.6 Å². The molecule has 2 amide bonds. The summed E-state index contributed by atoms with van der Waals surface area (Å²) in [6.07, 6.45) is 1.12. The number of rotatable bonds is 2. The lowest BCUT2D eigenvalue weighted by atomic mass is 10.0. The molecule has 4 rings (SSSR count). The normalized spacial score (nSPS) is 20.0. The number of carboxylic acids is 1. The Labute approximate surface area is 174 Å². The van der Waals surface area contributed by atoms with Gasteiger partial charge in [-0.25, -0.2) is 9.78 Å². The number of halogens is 3. The SMILES string of the molecule is O=C(O)C(F)(F)F.O=C(c1ccccn1)N1C[C@@H]2CN(C(=O)c3cnccn3)C[C@@H]2C1. The van der Waals surface area contributed by atoms with Gasteiger partial charge in [-0.1, -0.05) is 6.07 Å². The van der Waals surface area contributed by atoms with Crippen molar-refractivity contribution in [1.82, 2.24) is 24.8 Å². The first-order valence-electron chi connectivity index (χ1n) is 9.22. The number of aromatic nitrogens is 3. The highest BCUT2D eigenvalue weighted by Crippen LogP contribution is 2.32. The summed E-state index contributed by atoms with van der Waals surface area (Å²) in [5, 5.41) is 7.12. The molecule has 1 N–H and O–H groups in total. The number of alkyl halides is 3. The van der Waals surface area contributed by atoms with Crippen molar-refractivity contribution < 1.29 is 32.7 Å². The maximum absolute atomic E-state index is 12.5. The highest BCUT2D eigenvalue weighted by molar-refractivity contribution is 5.93. The van der Waals surface area contributed by atoms with E-state index in [9.17, 15) is 22.8 Å². The van der Waals surface area contributed by atoms with Crippen LogP contribution < -0.4 is 0 Å². The van der Waals surface area contributed by atoms with E-state index in [0.717, 1.165) is 0 Å². The topological polar surface area (TPSA) is 117 Å². The van der Waals surface area contributed by atoms with E-state index in [-0.39, 0.29) is 11.8 Å². The van der Waals surface area contributed by atoms with Crippen molar-refractivity contribution in [3.05, 3.63) is 54.4 Å². The fourth-order valence-corrected chi connectivity index (χ4v) is 3.55. The fourth-order valence-electron chi connectivity index (χ4n) is 3.55. The summed E-state index contributed by atoms with van der Waals surface area (Å²) in [5.74, 6) is -2.24. The Balaban J connectivity index is 0.000000339. The zero-order valence-corrected chi connectivity index (χ0v) is 16.1. The summed E-state index contributed by atoms with van der Waals surface area (Å²) in [6, 6.07) is 5.35. The molecule has 4 heterocycles. The third-order valence-corrected chi connectivity index (χ3v) is 4.97. The number of hydrogen-bond donors (Lipinski definition) is 1. The van der Waals surface area contributed by atoms with Crippen LogP contribution in [-0.2, 0) is 4.79 Å². The third kappa shape index (κ3) is 5.32. The molecule has 2 aromatic rings. The number of likely N-dealkylation sites (tertiary alicyclic amines) is 2. The molecule has 2 fully saturated rings. The van der Waals surface area contributed by atoms with Crippen molar-refractivity contribution in [3.8, 4) is 0 Å². The van der Waals surface area contributed by atoms with Crippen LogP contribution in [0.5, 0.6) is 0 Å². The number of fused-ring (bicyclic) bond motifs is 1. The number of pyridine rings is 1. The molecule has 2 aliphatic rings. The van der Waals surface area contributed by atoms with Gasteiger partial charge in [-0.15, -0.1) is 0 Å². The van der Waals surface area contributed by atoms with E-state index in [1.807, 2.05) is 15.9 Å². The number of amides is 2. The van der Waals surface area contributed by atoms with Crippen molar-refractivity contribution in [3.63, 3.8) is 0 Å². The average molecular weight is 437 g/mol. The minimum atomic E-state index is -5.08. The maximum Gasteiger partial charge on any atom is 0.490 e. The maximum atomic E-state index is 12.5. The Hall–Kier alpha value is -3.57. The summed E-state index contributed by atoms with van der Waals surface area (Å²) >= 11 is 0. The molecule has 0 aromatic carbocycles. The van der Waals surface area contributed by atoms with E-state index in [2.05, 4.69) is 15.0 Å². The van der Waals surface area contributed by atoms with Gasteiger partial charge in [0.1, 0.15) is 11.4 Å². The molecule has 31 heavy (non-hydrogen) atoms. The van der Waals surface area contributed by atoms with Crippen LogP contribution >= 0.6 is 0 Å². The molecule has 0 unspecified atom stereocenters. The lowest BCUT2D eigenvalue weighted by Gasteiger charge is -2.21. The van der Waals surface area contributed by atoms with E-state index in [1.165, 1.54) is 12.4 Å². The van der Waals surface area contributed by atoms with E-state index in [0.29, 0.717) is 49.4 Å². The van der Waals surface area contributed by atoms with Gasteiger partial charge in [0.2, 0.25) is 0 Å². The van der Waals surface area contributed by atoms with Gasteiger partial charge in [-0.2, -0.15) is 13.2 Å². The first-order valence-corrected chi connectivity index (χ1v) is 9.22. The average Bonchev–Trinajstić information content (AvgIpc) is 3.33. The Morgan fingerprint density at radius 1 is 0.871 bits per heavy atom. The van der Waals surface area contributed by atoms with E-state index in [1.54, 1.807) is 24.5 Å². The Morgan fingerprint density at radius 2 is 1.39 bits per heavy atom. The van der Waals surface area contributed by atoms with Crippen LogP contribution in [0, 0.1) is 11.8 Å². The van der Waals surface area contributed by atoms with E-state index >= 15 is 0 Å². The molecule has 0 saturated carbocycles. The Kier molecular flexibility index (Phi) is 6.47. The van der Waals surface area contributed by atoms with Crippen molar-refractivity contribution in [2.75, 3.05) is 26.2 Å². The monoisotopic (exact) mass is 437 g/mol. The predicted molar refractivity (Wildman–Crippen MR) is 98.7 cm³/mol. The Bertz CT molecular complexity index is 865. The molecular weight excluding hydrogens is 419 g/mol. The smallest absolute Gasteiger partial charge is 0.475 e. The van der Waals surface area contributed by atoms with Gasteiger partial charge in [0.15, 0.2) is 0 Å². The number of carbonyl (C=O) groups excluding carboxylic acids is 2. The van der Waals surface area contributed by atoms with E-state index in [4.69, 9.17) is 9.90 Å². The zero-order chi connectivity index (χ0) is 22.6. The summed E-state index contributed by atoms with van der Waals surface area (Å²) in [4.78, 5) is 49.6. The zero-order valence-electron chi connectivity index (χ0n) is 16.1. The minimum Gasteiger partial charge on any atom is -0.475 e. The lowest BCUT2D eigenvalue weighted by Crippen LogP contribution is -2.36. The highest BCUT2D eigenvalue weighted by atomic mass is 19.4. The van der Waals surface area contributed by atoms with Crippen molar-refractivity contribution >= 4 is 17.8 Å². The molecule has 9 nitrogen and oxygen atoms in total. The number of carbonyl (C=O) groups is 3. The molecule has 12 heteroatoms. The fraction of sp³-hybridized carbons (Fsp3) is 0.368. The van der Waals surface area contributed by atoms with Gasteiger partial charge < -0.3 is 14.9 Å². The van der Waals surface area contributed by atoms with Crippen LogP contribution in [0.3, 0.4) is 0 Å². The van der Waals surface area contributed by atoms with Crippen LogP contribution in [0.15, 0.2) is 43.0 Å². The summed E-state index contributed by atoms with van der Waals surface area (Å²) in [5.41, 5.74) is 0.851. The Morgan fingerprint density at radius 3 is 1.81 bits per heavy atom. The molecule has 2 aromatic heterocycles. The quantitative estimate of drug-likeness (QED) is 0.754. The molecule has 2 saturated heterocycles. The van der Waals surface area contributed by atoms with Crippen molar-refractivity contribution in [2.45, 2.75) is 6.18 Å². The van der Waals surface area contributed by atoms with Crippen LogP contribution in [0.2, 0.25) is 0 Å². The summed E-state index contributed by atoms with van der Waals surface area (Å²) < 4.78 is 31.7. The first-order chi connectivity index (χ1) is 14.7. The van der Waals surface area contributed by atoms with Crippen LogP contribution in [0.1, 0.15) is 21.0 Å². The van der Waals surface area contributed by atoms with Crippen molar-refractivity contribution in [1.29, 1.82) is 0 Å². The molecule has 0 aliphatic carbocycles. The first kappa shape index (κ1) is 22.1. The van der Waals surface area contributed by atoms with Gasteiger partial charge in [0.05, 0.1) is 6.20 Å². The van der Waals surface area contributed by atoms with Crippen LogP contribution in [0.4, 0.5) is 13.2 Å².